The maximum atomic E-state index is 13.7. The molecule has 1 atom stereocenters. The van der Waals surface area contributed by atoms with Gasteiger partial charge in [0, 0.05) is 5.56 Å². The van der Waals surface area contributed by atoms with E-state index in [1.54, 1.807) is 55.6 Å². The number of nitrogens with zero attached hydrogens (tertiary/aromatic N) is 2. The largest absolute Gasteiger partial charge is 0.507 e. The molecule has 1 saturated heterocycles. The third-order valence-electron chi connectivity index (χ3n) is 7.05. The van der Waals surface area contributed by atoms with Gasteiger partial charge >= 0.3 is 5.91 Å². The quantitative estimate of drug-likeness (QED) is 0.183. The number of Topliss-reactive ketones (excluding diaryl/α,β-unsaturated/α-hetero) is 1. The first kappa shape index (κ1) is 27.2. The van der Waals surface area contributed by atoms with E-state index < -0.39 is 17.7 Å². The zero-order valence-electron chi connectivity index (χ0n) is 23.1. The second-order valence-electron chi connectivity index (χ2n) is 9.32. The maximum absolute atomic E-state index is 13.7. The van der Waals surface area contributed by atoms with Crippen molar-refractivity contribution in [2.75, 3.05) is 46.6 Å². The number of hydrogen-bond acceptors (Lipinski definition) is 11. The van der Waals surface area contributed by atoms with Crippen molar-refractivity contribution in [2.24, 2.45) is 0 Å². The Morgan fingerprint density at radius 1 is 0.905 bits per heavy atom. The molecule has 1 fully saturated rings. The van der Waals surface area contributed by atoms with E-state index in [2.05, 4.69) is 4.98 Å². The fourth-order valence-corrected chi connectivity index (χ4v) is 6.09. The molecule has 216 valence electrons. The van der Waals surface area contributed by atoms with Gasteiger partial charge < -0.3 is 33.5 Å². The molecular formula is C30H26N2O9S. The second-order valence-corrected chi connectivity index (χ2v) is 10.3. The number of carbonyl (C=O) groups is 2. The van der Waals surface area contributed by atoms with Crippen molar-refractivity contribution in [1.82, 2.24) is 4.98 Å². The van der Waals surface area contributed by atoms with E-state index in [4.69, 9.17) is 28.4 Å². The summed E-state index contributed by atoms with van der Waals surface area (Å²) in [6.07, 6.45) is 0. The van der Waals surface area contributed by atoms with Crippen molar-refractivity contribution >= 4 is 44.1 Å². The van der Waals surface area contributed by atoms with E-state index in [1.807, 2.05) is 0 Å². The van der Waals surface area contributed by atoms with Crippen molar-refractivity contribution in [3.8, 4) is 34.5 Å². The number of hydrogen-bond donors (Lipinski definition) is 1. The van der Waals surface area contributed by atoms with E-state index in [0.29, 0.717) is 58.8 Å². The Balaban J connectivity index is 1.58. The molecule has 6 rings (SSSR count). The number of benzene rings is 3. The van der Waals surface area contributed by atoms with Crippen LogP contribution in [0.1, 0.15) is 17.2 Å². The van der Waals surface area contributed by atoms with Crippen LogP contribution in [0.3, 0.4) is 0 Å². The first-order valence-corrected chi connectivity index (χ1v) is 13.7. The van der Waals surface area contributed by atoms with Crippen LogP contribution in [-0.4, -0.2) is 63.4 Å². The Morgan fingerprint density at radius 2 is 1.62 bits per heavy atom. The fourth-order valence-electron chi connectivity index (χ4n) is 5.07. The molecule has 1 unspecified atom stereocenters. The molecule has 3 heterocycles. The van der Waals surface area contributed by atoms with E-state index in [1.165, 1.54) is 37.6 Å². The standard InChI is InChI=1S/C30H26N2O9S/c1-36-17-6-7-18-23(14-17)42-30(31-18)32-25(16-12-21(37-2)28(39-4)22(13-16)38-3)24(27(34)29(32)35)26(33)15-5-8-19-20(11-15)41-10-9-40-19/h5-8,11-14,25,33H,9-10H2,1-4H3/b26-24+. The summed E-state index contributed by atoms with van der Waals surface area (Å²) in [6, 6.07) is 12.4. The first-order chi connectivity index (χ1) is 20.4. The molecule has 0 radical (unpaired) electrons. The molecule has 0 saturated carbocycles. The Hall–Kier alpha value is -4.97. The van der Waals surface area contributed by atoms with Crippen LogP contribution in [0.25, 0.3) is 16.0 Å². The predicted molar refractivity (Wildman–Crippen MR) is 154 cm³/mol. The van der Waals surface area contributed by atoms with Crippen LogP contribution in [0.5, 0.6) is 34.5 Å². The summed E-state index contributed by atoms with van der Waals surface area (Å²) in [7, 11) is 5.97. The van der Waals surface area contributed by atoms with Crippen LogP contribution in [-0.2, 0) is 9.59 Å². The van der Waals surface area contributed by atoms with Crippen molar-refractivity contribution in [3.05, 3.63) is 65.2 Å². The molecule has 0 aliphatic carbocycles. The number of thiazole rings is 1. The van der Waals surface area contributed by atoms with Gasteiger partial charge in [-0.25, -0.2) is 4.98 Å². The molecule has 0 spiro atoms. The highest BCUT2D eigenvalue weighted by Gasteiger charge is 2.48. The van der Waals surface area contributed by atoms with Crippen molar-refractivity contribution in [3.63, 3.8) is 0 Å². The van der Waals surface area contributed by atoms with Crippen LogP contribution in [0.2, 0.25) is 0 Å². The monoisotopic (exact) mass is 590 g/mol. The molecule has 1 N–H and O–H groups in total. The molecule has 2 aliphatic heterocycles. The molecule has 1 aromatic heterocycles. The van der Waals surface area contributed by atoms with Crippen molar-refractivity contribution in [2.45, 2.75) is 6.04 Å². The summed E-state index contributed by atoms with van der Waals surface area (Å²) in [4.78, 5) is 33.4. The van der Waals surface area contributed by atoms with Gasteiger partial charge in [-0.3, -0.25) is 14.5 Å². The number of ketones is 1. The Kier molecular flexibility index (Phi) is 6.99. The number of aromatic nitrogens is 1. The number of fused-ring (bicyclic) bond motifs is 2. The van der Waals surface area contributed by atoms with Gasteiger partial charge in [0.2, 0.25) is 5.75 Å². The Morgan fingerprint density at radius 3 is 2.29 bits per heavy atom. The van der Waals surface area contributed by atoms with Crippen LogP contribution < -0.4 is 33.3 Å². The molecule has 12 heteroatoms. The van der Waals surface area contributed by atoms with Gasteiger partial charge in [-0.1, -0.05) is 11.3 Å². The van der Waals surface area contributed by atoms with Crippen LogP contribution >= 0.6 is 11.3 Å². The third kappa shape index (κ3) is 4.40. The number of rotatable bonds is 7. The Bertz CT molecular complexity index is 1740. The van der Waals surface area contributed by atoms with E-state index in [9.17, 15) is 14.7 Å². The van der Waals surface area contributed by atoms with Gasteiger partial charge in [-0.15, -0.1) is 0 Å². The minimum Gasteiger partial charge on any atom is -0.507 e. The fraction of sp³-hybridized carbons (Fsp3) is 0.233. The lowest BCUT2D eigenvalue weighted by Gasteiger charge is -2.25. The number of aliphatic hydroxyl groups is 1. The predicted octanol–water partition coefficient (Wildman–Crippen LogP) is 4.73. The summed E-state index contributed by atoms with van der Waals surface area (Å²) >= 11 is 1.22. The number of amides is 1. The number of aliphatic hydroxyl groups excluding tert-OH is 1. The lowest BCUT2D eigenvalue weighted by atomic mass is 9.94. The molecule has 42 heavy (non-hydrogen) atoms. The summed E-state index contributed by atoms with van der Waals surface area (Å²) in [5.74, 6) is 0.412. The normalized spacial score (nSPS) is 17.4. The molecular weight excluding hydrogens is 564 g/mol. The summed E-state index contributed by atoms with van der Waals surface area (Å²) in [5.41, 5.74) is 1.19. The summed E-state index contributed by atoms with van der Waals surface area (Å²) in [6.45, 7) is 0.744. The van der Waals surface area contributed by atoms with Crippen LogP contribution in [0, 0.1) is 0 Å². The number of methoxy groups -OCH3 is 4. The highest BCUT2D eigenvalue weighted by Crippen LogP contribution is 2.48. The van der Waals surface area contributed by atoms with E-state index >= 15 is 0 Å². The molecule has 11 nitrogen and oxygen atoms in total. The average Bonchev–Trinajstić information content (AvgIpc) is 3.56. The maximum Gasteiger partial charge on any atom is 0.301 e. The zero-order chi connectivity index (χ0) is 29.5. The second kappa shape index (κ2) is 10.8. The molecule has 2 aliphatic rings. The SMILES string of the molecule is COc1ccc2nc(N3C(=O)C(=O)/C(=C(/O)c4ccc5c(c4)OCCO5)C3c3cc(OC)c(OC)c(OC)c3)sc2c1. The topological polar surface area (TPSA) is 126 Å². The minimum atomic E-state index is -1.09. The van der Waals surface area contributed by atoms with E-state index in [-0.39, 0.29) is 22.0 Å². The van der Waals surface area contributed by atoms with Gasteiger partial charge in [-0.05, 0) is 54.1 Å². The zero-order valence-corrected chi connectivity index (χ0v) is 23.9. The summed E-state index contributed by atoms with van der Waals surface area (Å²) in [5, 5.41) is 11.9. The first-order valence-electron chi connectivity index (χ1n) is 12.8. The number of carbonyl (C=O) groups excluding carboxylic acids is 2. The highest BCUT2D eigenvalue weighted by molar-refractivity contribution is 7.22. The third-order valence-corrected chi connectivity index (χ3v) is 8.07. The number of anilines is 1. The molecule has 4 aromatic rings. The van der Waals surface area contributed by atoms with Crippen LogP contribution in [0.15, 0.2) is 54.1 Å². The van der Waals surface area contributed by atoms with E-state index in [0.717, 1.165) is 4.70 Å². The van der Waals surface area contributed by atoms with Gasteiger partial charge in [-0.2, -0.15) is 0 Å². The van der Waals surface area contributed by atoms with Crippen LogP contribution in [0.4, 0.5) is 5.13 Å². The molecule has 1 amide bonds. The van der Waals surface area contributed by atoms with Gasteiger partial charge in [0.25, 0.3) is 5.78 Å². The molecule has 3 aromatic carbocycles. The van der Waals surface area contributed by atoms with Gasteiger partial charge in [0.15, 0.2) is 28.1 Å². The Labute approximate surface area is 244 Å². The number of ether oxygens (including phenoxy) is 6. The molecule has 0 bridgehead atoms. The highest BCUT2D eigenvalue weighted by atomic mass is 32.1. The summed E-state index contributed by atoms with van der Waals surface area (Å²) < 4.78 is 34.0. The minimum absolute atomic E-state index is 0.136. The van der Waals surface area contributed by atoms with Crippen molar-refractivity contribution in [1.29, 1.82) is 0 Å². The lowest BCUT2D eigenvalue weighted by Crippen LogP contribution is -2.29. The smallest absolute Gasteiger partial charge is 0.301 e. The lowest BCUT2D eigenvalue weighted by molar-refractivity contribution is -0.132. The average molecular weight is 591 g/mol. The van der Waals surface area contributed by atoms with Gasteiger partial charge in [0.1, 0.15) is 24.7 Å². The van der Waals surface area contributed by atoms with Gasteiger partial charge in [0.05, 0.1) is 50.3 Å². The van der Waals surface area contributed by atoms with Crippen molar-refractivity contribution < 1.29 is 43.1 Å².